The quantitative estimate of drug-likeness (QED) is 0.501. The third-order valence-electron chi connectivity index (χ3n) is 3.95. The molecule has 6 nitrogen and oxygen atoms in total. The van der Waals surface area contributed by atoms with Gasteiger partial charge in [-0.1, -0.05) is 0 Å². The summed E-state index contributed by atoms with van der Waals surface area (Å²) in [5.74, 6) is 0. The number of non-ortho nitro benzene ring substituents is 1. The van der Waals surface area contributed by atoms with Gasteiger partial charge in [0.25, 0.3) is 5.69 Å². The molecular weight excluding hydrogens is 246 g/mol. The molecule has 3 rings (SSSR count). The van der Waals surface area contributed by atoms with Crippen molar-refractivity contribution in [2.45, 2.75) is 31.4 Å². The van der Waals surface area contributed by atoms with Crippen molar-refractivity contribution in [3.8, 4) is 0 Å². The third kappa shape index (κ3) is 2.23. The number of morpholine rings is 1. The summed E-state index contributed by atoms with van der Waals surface area (Å²) in [5.41, 5.74) is 7.11. The van der Waals surface area contributed by atoms with Crippen LogP contribution in [0.5, 0.6) is 0 Å². The molecule has 1 aromatic rings. The fourth-order valence-corrected chi connectivity index (χ4v) is 3.14. The van der Waals surface area contributed by atoms with Gasteiger partial charge in [0.15, 0.2) is 0 Å². The first-order valence-corrected chi connectivity index (χ1v) is 6.58. The van der Waals surface area contributed by atoms with Gasteiger partial charge in [-0.15, -0.1) is 0 Å². The van der Waals surface area contributed by atoms with E-state index in [9.17, 15) is 10.1 Å². The van der Waals surface area contributed by atoms with E-state index < -0.39 is 4.92 Å². The molecule has 1 aliphatic heterocycles. The lowest BCUT2D eigenvalue weighted by Gasteiger charge is -2.39. The molecule has 1 aromatic carbocycles. The second kappa shape index (κ2) is 4.70. The zero-order chi connectivity index (χ0) is 13.4. The van der Waals surface area contributed by atoms with Crippen molar-refractivity contribution in [2.24, 2.45) is 0 Å². The number of fused-ring (bicyclic) bond motifs is 1. The van der Waals surface area contributed by atoms with Gasteiger partial charge in [0.2, 0.25) is 0 Å². The minimum atomic E-state index is -0.396. The summed E-state index contributed by atoms with van der Waals surface area (Å²) in [7, 11) is 0. The van der Waals surface area contributed by atoms with E-state index in [2.05, 4.69) is 4.90 Å². The Kier molecular flexibility index (Phi) is 3.02. The summed E-state index contributed by atoms with van der Waals surface area (Å²) in [6.07, 6.45) is 3.56. The van der Waals surface area contributed by atoms with Crippen molar-refractivity contribution in [2.75, 3.05) is 23.8 Å². The molecule has 1 saturated carbocycles. The highest BCUT2D eigenvalue weighted by atomic mass is 16.6. The molecular formula is C13H17N3O3. The standard InChI is InChI=1S/C13H17N3O3/c14-9-6-10(8-11(7-9)16(17)18)15-4-5-19-13-3-1-2-12(13)15/h6-8,12-13H,1-5,14H2. The van der Waals surface area contributed by atoms with Crippen LogP contribution in [-0.4, -0.2) is 30.2 Å². The summed E-state index contributed by atoms with van der Waals surface area (Å²) in [6.45, 7) is 1.44. The van der Waals surface area contributed by atoms with Crippen molar-refractivity contribution in [1.82, 2.24) is 0 Å². The van der Waals surface area contributed by atoms with E-state index in [1.165, 1.54) is 6.07 Å². The lowest BCUT2D eigenvalue weighted by molar-refractivity contribution is -0.384. The highest BCUT2D eigenvalue weighted by molar-refractivity contribution is 5.63. The van der Waals surface area contributed by atoms with Crippen LogP contribution in [0, 0.1) is 10.1 Å². The predicted molar refractivity (Wildman–Crippen MR) is 72.2 cm³/mol. The lowest BCUT2D eigenvalue weighted by atomic mass is 10.1. The second-order valence-electron chi connectivity index (χ2n) is 5.14. The summed E-state index contributed by atoms with van der Waals surface area (Å²) < 4.78 is 5.75. The number of nitrogen functional groups attached to an aromatic ring is 1. The molecule has 2 unspecified atom stereocenters. The molecule has 19 heavy (non-hydrogen) atoms. The van der Waals surface area contributed by atoms with Crippen LogP contribution in [0.15, 0.2) is 18.2 Å². The molecule has 0 amide bonds. The Labute approximate surface area is 111 Å². The zero-order valence-corrected chi connectivity index (χ0v) is 10.6. The van der Waals surface area contributed by atoms with Gasteiger partial charge in [0, 0.05) is 30.1 Å². The number of benzene rings is 1. The summed E-state index contributed by atoms with van der Waals surface area (Å²) in [6, 6.07) is 5.15. The minimum Gasteiger partial charge on any atom is -0.398 e. The average Bonchev–Trinajstić information content (AvgIpc) is 2.85. The normalized spacial score (nSPS) is 26.2. The van der Waals surface area contributed by atoms with Crippen LogP contribution in [-0.2, 0) is 4.74 Å². The zero-order valence-electron chi connectivity index (χ0n) is 10.6. The number of anilines is 2. The number of rotatable bonds is 2. The third-order valence-corrected chi connectivity index (χ3v) is 3.95. The highest BCUT2D eigenvalue weighted by Gasteiger charge is 2.36. The smallest absolute Gasteiger partial charge is 0.273 e. The van der Waals surface area contributed by atoms with Gasteiger partial charge in [-0.25, -0.2) is 0 Å². The van der Waals surface area contributed by atoms with Crippen LogP contribution < -0.4 is 10.6 Å². The number of ether oxygens (including phenoxy) is 1. The molecule has 6 heteroatoms. The molecule has 2 aliphatic rings. The van der Waals surface area contributed by atoms with Crippen molar-refractivity contribution >= 4 is 17.1 Å². The first-order valence-electron chi connectivity index (χ1n) is 6.58. The van der Waals surface area contributed by atoms with Gasteiger partial charge < -0.3 is 15.4 Å². The molecule has 2 fully saturated rings. The monoisotopic (exact) mass is 263 g/mol. The van der Waals surface area contributed by atoms with E-state index in [1.54, 1.807) is 6.07 Å². The lowest BCUT2D eigenvalue weighted by Crippen LogP contribution is -2.48. The Hall–Kier alpha value is -1.82. The maximum absolute atomic E-state index is 10.9. The SMILES string of the molecule is Nc1cc(N2CCOC3CCCC32)cc([N+](=O)[O-])c1. The maximum Gasteiger partial charge on any atom is 0.273 e. The Morgan fingerprint density at radius 1 is 1.37 bits per heavy atom. The molecule has 0 radical (unpaired) electrons. The van der Waals surface area contributed by atoms with E-state index in [-0.39, 0.29) is 11.8 Å². The Morgan fingerprint density at radius 3 is 3.00 bits per heavy atom. The molecule has 1 heterocycles. The predicted octanol–water partition coefficient (Wildman–Crippen LogP) is 1.93. The fourth-order valence-electron chi connectivity index (χ4n) is 3.14. The minimum absolute atomic E-state index is 0.0519. The summed E-state index contributed by atoms with van der Waals surface area (Å²) in [4.78, 5) is 12.7. The van der Waals surface area contributed by atoms with Crippen LogP contribution in [0.25, 0.3) is 0 Å². The van der Waals surface area contributed by atoms with Gasteiger partial charge in [-0.05, 0) is 25.3 Å². The van der Waals surface area contributed by atoms with E-state index >= 15 is 0 Å². The second-order valence-corrected chi connectivity index (χ2v) is 5.14. The topological polar surface area (TPSA) is 81.6 Å². The van der Waals surface area contributed by atoms with E-state index in [4.69, 9.17) is 10.5 Å². The van der Waals surface area contributed by atoms with Crippen molar-refractivity contribution in [3.05, 3.63) is 28.3 Å². The molecule has 102 valence electrons. The Morgan fingerprint density at radius 2 is 2.21 bits per heavy atom. The first-order chi connectivity index (χ1) is 9.15. The van der Waals surface area contributed by atoms with Crippen LogP contribution in [0.4, 0.5) is 17.1 Å². The molecule has 2 N–H and O–H groups in total. The molecule has 1 saturated heterocycles. The number of nitro benzene ring substituents is 1. The van der Waals surface area contributed by atoms with Gasteiger partial charge >= 0.3 is 0 Å². The number of nitro groups is 1. The van der Waals surface area contributed by atoms with E-state index in [0.717, 1.165) is 31.5 Å². The number of nitrogens with two attached hydrogens (primary N) is 1. The average molecular weight is 263 g/mol. The van der Waals surface area contributed by atoms with Gasteiger partial charge in [-0.3, -0.25) is 10.1 Å². The van der Waals surface area contributed by atoms with Gasteiger partial charge in [0.1, 0.15) is 0 Å². The number of hydrogen-bond acceptors (Lipinski definition) is 5. The van der Waals surface area contributed by atoms with Crippen LogP contribution in [0.2, 0.25) is 0 Å². The Balaban J connectivity index is 1.94. The van der Waals surface area contributed by atoms with Crippen molar-refractivity contribution in [3.63, 3.8) is 0 Å². The van der Waals surface area contributed by atoms with E-state index in [1.807, 2.05) is 6.07 Å². The van der Waals surface area contributed by atoms with Crippen LogP contribution >= 0.6 is 0 Å². The van der Waals surface area contributed by atoms with Crippen LogP contribution in [0.1, 0.15) is 19.3 Å². The summed E-state index contributed by atoms with van der Waals surface area (Å²) >= 11 is 0. The number of hydrogen-bond donors (Lipinski definition) is 1. The Bertz CT molecular complexity index is 506. The molecule has 1 aliphatic carbocycles. The largest absolute Gasteiger partial charge is 0.398 e. The first kappa shape index (κ1) is 12.2. The molecule has 0 spiro atoms. The van der Waals surface area contributed by atoms with Crippen molar-refractivity contribution in [1.29, 1.82) is 0 Å². The van der Waals surface area contributed by atoms with Gasteiger partial charge in [-0.2, -0.15) is 0 Å². The fraction of sp³-hybridized carbons (Fsp3) is 0.538. The molecule has 0 aromatic heterocycles. The molecule has 0 bridgehead atoms. The highest BCUT2D eigenvalue weighted by Crippen LogP contribution is 2.35. The van der Waals surface area contributed by atoms with Gasteiger partial charge in [0.05, 0.1) is 23.7 Å². The van der Waals surface area contributed by atoms with Crippen molar-refractivity contribution < 1.29 is 9.66 Å². The van der Waals surface area contributed by atoms with E-state index in [0.29, 0.717) is 18.3 Å². The van der Waals surface area contributed by atoms with Crippen LogP contribution in [0.3, 0.4) is 0 Å². The number of nitrogens with zero attached hydrogens (tertiary/aromatic N) is 2. The summed E-state index contributed by atoms with van der Waals surface area (Å²) in [5, 5.41) is 10.9. The maximum atomic E-state index is 10.9. The molecule has 2 atom stereocenters.